The van der Waals surface area contributed by atoms with Gasteiger partial charge in [0.25, 0.3) is 5.91 Å². The summed E-state index contributed by atoms with van der Waals surface area (Å²) in [6.07, 6.45) is 12.0. The zero-order valence-corrected chi connectivity index (χ0v) is 23.5. The molecule has 1 amide bonds. The Hall–Kier alpha value is -3.25. The zero-order chi connectivity index (χ0) is 27.1. The maximum Gasteiger partial charge on any atom is 0.254 e. The van der Waals surface area contributed by atoms with Crippen LogP contribution in [0.3, 0.4) is 0 Å². The van der Waals surface area contributed by atoms with Crippen molar-refractivity contribution in [1.82, 2.24) is 10.2 Å². The lowest BCUT2D eigenvalue weighted by atomic mass is 9.71. The summed E-state index contributed by atoms with van der Waals surface area (Å²) in [5, 5.41) is 3.76. The number of carbonyl (C=O) groups excluding carboxylic acids is 1. The highest BCUT2D eigenvalue weighted by Gasteiger charge is 2.48. The van der Waals surface area contributed by atoms with Crippen LogP contribution in [0.15, 0.2) is 60.2 Å². The molecule has 1 fully saturated rings. The van der Waals surface area contributed by atoms with Crippen LogP contribution >= 0.6 is 0 Å². The largest absolute Gasteiger partial charge is 0.493 e. The summed E-state index contributed by atoms with van der Waals surface area (Å²) in [6.45, 7) is 5.92. The van der Waals surface area contributed by atoms with Gasteiger partial charge in [0, 0.05) is 18.2 Å². The summed E-state index contributed by atoms with van der Waals surface area (Å²) in [7, 11) is 4.74. The van der Waals surface area contributed by atoms with Crippen molar-refractivity contribution in [3.63, 3.8) is 0 Å². The van der Waals surface area contributed by atoms with E-state index in [0.29, 0.717) is 35.3 Å². The maximum atomic E-state index is 14.6. The first-order chi connectivity index (χ1) is 18.4. The van der Waals surface area contributed by atoms with Gasteiger partial charge in [-0.1, -0.05) is 54.1 Å². The number of methoxy groups -OCH3 is 3. The lowest BCUT2D eigenvalue weighted by molar-refractivity contribution is 0.0177. The number of nitrogens with zero attached hydrogens (tertiary/aromatic N) is 1. The minimum Gasteiger partial charge on any atom is -0.493 e. The number of hydrogen-bond acceptors (Lipinski definition) is 5. The first kappa shape index (κ1) is 27.8. The van der Waals surface area contributed by atoms with Crippen molar-refractivity contribution in [1.29, 1.82) is 0 Å². The third kappa shape index (κ3) is 5.75. The van der Waals surface area contributed by atoms with E-state index in [1.165, 1.54) is 0 Å². The van der Waals surface area contributed by atoms with Crippen LogP contribution in [0.1, 0.15) is 61.9 Å². The van der Waals surface area contributed by atoms with Gasteiger partial charge in [-0.25, -0.2) is 0 Å². The summed E-state index contributed by atoms with van der Waals surface area (Å²) in [5.41, 5.74) is 2.41. The molecule has 1 saturated heterocycles. The Bertz CT molecular complexity index is 1130. The molecule has 3 unspecified atom stereocenters. The number of allylic oxidation sites excluding steroid dienone is 2. The van der Waals surface area contributed by atoms with Crippen molar-refractivity contribution in [2.45, 2.75) is 57.5 Å². The molecule has 3 atom stereocenters. The summed E-state index contributed by atoms with van der Waals surface area (Å²) < 4.78 is 16.7. The van der Waals surface area contributed by atoms with Crippen LogP contribution < -0.4 is 19.5 Å². The van der Waals surface area contributed by atoms with Crippen LogP contribution in [0.5, 0.6) is 17.2 Å². The molecular formula is C32H42N2O4. The van der Waals surface area contributed by atoms with E-state index < -0.39 is 0 Å². The molecule has 38 heavy (non-hydrogen) atoms. The normalized spacial score (nSPS) is 21.0. The molecule has 0 aromatic heterocycles. The second-order valence-corrected chi connectivity index (χ2v) is 10.6. The highest BCUT2D eigenvalue weighted by atomic mass is 16.5. The van der Waals surface area contributed by atoms with Gasteiger partial charge in [0.15, 0.2) is 11.5 Å². The van der Waals surface area contributed by atoms with E-state index in [9.17, 15) is 4.79 Å². The number of hydrogen-bond donors (Lipinski definition) is 1. The number of ether oxygens (including phenoxy) is 3. The smallest absolute Gasteiger partial charge is 0.254 e. The van der Waals surface area contributed by atoms with Gasteiger partial charge in [-0.05, 0) is 76.1 Å². The standard InChI is InChI=1S/C32H42N2O4/c1-23(19-24-13-8-6-9-14-24)22-34(31(35)25-20-27(36-3)30(38-5)28(21-25)37-4)32(2,29-17-12-18-33-29)26-15-10-7-11-16-26/h6-10,13-14,19-21,26,29,33H,11-12,15-18,22H2,1-5H3/b23-19+. The van der Waals surface area contributed by atoms with Crippen LogP contribution in [0, 0.1) is 5.92 Å². The Kier molecular flexibility index (Phi) is 9.16. The molecule has 0 bridgehead atoms. The molecule has 2 aliphatic rings. The van der Waals surface area contributed by atoms with Gasteiger partial charge in [-0.15, -0.1) is 0 Å². The van der Waals surface area contributed by atoms with E-state index in [2.05, 4.69) is 54.4 Å². The predicted octanol–water partition coefficient (Wildman–Crippen LogP) is 6.13. The van der Waals surface area contributed by atoms with Crippen LogP contribution in [0.4, 0.5) is 0 Å². The zero-order valence-electron chi connectivity index (χ0n) is 23.5. The molecule has 204 valence electrons. The third-order valence-corrected chi connectivity index (χ3v) is 8.22. The molecule has 2 aromatic carbocycles. The Morgan fingerprint density at radius 1 is 1.05 bits per heavy atom. The predicted molar refractivity (Wildman–Crippen MR) is 153 cm³/mol. The van der Waals surface area contributed by atoms with Gasteiger partial charge in [0.05, 0.1) is 26.9 Å². The van der Waals surface area contributed by atoms with E-state index in [1.54, 1.807) is 33.5 Å². The third-order valence-electron chi connectivity index (χ3n) is 8.22. The Labute approximate surface area is 227 Å². The molecule has 6 heteroatoms. The Morgan fingerprint density at radius 3 is 2.32 bits per heavy atom. The number of carbonyl (C=O) groups is 1. The quantitative estimate of drug-likeness (QED) is 0.384. The van der Waals surface area contributed by atoms with Gasteiger partial charge < -0.3 is 24.4 Å². The van der Waals surface area contributed by atoms with Crippen LogP contribution in [0.25, 0.3) is 6.08 Å². The summed E-state index contributed by atoms with van der Waals surface area (Å²) >= 11 is 0. The van der Waals surface area contributed by atoms with Gasteiger partial charge in [-0.2, -0.15) is 0 Å². The summed E-state index contributed by atoms with van der Waals surface area (Å²) in [5.74, 6) is 1.76. The second kappa shape index (κ2) is 12.5. The molecule has 0 spiro atoms. The van der Waals surface area contributed by atoms with E-state index in [0.717, 1.165) is 49.8 Å². The van der Waals surface area contributed by atoms with E-state index >= 15 is 0 Å². The maximum absolute atomic E-state index is 14.6. The highest BCUT2D eigenvalue weighted by molar-refractivity contribution is 5.96. The van der Waals surface area contributed by atoms with Crippen molar-refractivity contribution in [3.8, 4) is 17.2 Å². The average Bonchev–Trinajstić information content (AvgIpc) is 3.51. The monoisotopic (exact) mass is 518 g/mol. The first-order valence-electron chi connectivity index (χ1n) is 13.6. The minimum atomic E-state index is -0.384. The van der Waals surface area contributed by atoms with Gasteiger partial charge in [0.1, 0.15) is 0 Å². The molecule has 4 rings (SSSR count). The van der Waals surface area contributed by atoms with E-state index in [4.69, 9.17) is 14.2 Å². The molecular weight excluding hydrogens is 476 g/mol. The number of benzene rings is 2. The SMILES string of the molecule is COc1cc(C(=O)N(C/C(C)=C/c2ccccc2)C(C)(C2CC=CCC2)C2CCCN2)cc(OC)c1OC. The molecule has 6 nitrogen and oxygen atoms in total. The Morgan fingerprint density at radius 2 is 1.76 bits per heavy atom. The summed E-state index contributed by atoms with van der Waals surface area (Å²) in [6, 6.07) is 14.1. The van der Waals surface area contributed by atoms with Gasteiger partial charge in [0.2, 0.25) is 5.75 Å². The average molecular weight is 519 g/mol. The fourth-order valence-electron chi connectivity index (χ4n) is 6.15. The van der Waals surface area contributed by atoms with E-state index in [1.807, 2.05) is 18.2 Å². The lowest BCUT2D eigenvalue weighted by Crippen LogP contribution is -2.64. The van der Waals surface area contributed by atoms with E-state index in [-0.39, 0.29) is 17.5 Å². The van der Waals surface area contributed by atoms with Crippen LogP contribution in [-0.4, -0.2) is 56.8 Å². The van der Waals surface area contributed by atoms with Crippen molar-refractivity contribution < 1.29 is 19.0 Å². The minimum absolute atomic E-state index is 0.0317. The van der Waals surface area contributed by atoms with Crippen LogP contribution in [0.2, 0.25) is 0 Å². The molecule has 1 heterocycles. The first-order valence-corrected chi connectivity index (χ1v) is 13.6. The molecule has 0 saturated carbocycles. The van der Waals surface area contributed by atoms with Gasteiger partial charge >= 0.3 is 0 Å². The van der Waals surface area contributed by atoms with Crippen molar-refractivity contribution >= 4 is 12.0 Å². The number of rotatable bonds is 10. The molecule has 1 N–H and O–H groups in total. The topological polar surface area (TPSA) is 60.0 Å². The molecule has 1 aliphatic carbocycles. The molecule has 0 radical (unpaired) electrons. The van der Waals surface area contributed by atoms with Crippen LogP contribution in [-0.2, 0) is 0 Å². The number of amides is 1. The van der Waals surface area contributed by atoms with Crippen molar-refractivity contribution in [2.24, 2.45) is 5.92 Å². The number of nitrogens with one attached hydrogen (secondary N) is 1. The Balaban J connectivity index is 1.82. The van der Waals surface area contributed by atoms with Crippen molar-refractivity contribution in [3.05, 3.63) is 71.3 Å². The lowest BCUT2D eigenvalue weighted by Gasteiger charge is -2.51. The van der Waals surface area contributed by atoms with Crippen molar-refractivity contribution in [2.75, 3.05) is 34.4 Å². The fourth-order valence-corrected chi connectivity index (χ4v) is 6.15. The second-order valence-electron chi connectivity index (χ2n) is 10.6. The highest BCUT2D eigenvalue weighted by Crippen LogP contribution is 2.43. The summed E-state index contributed by atoms with van der Waals surface area (Å²) in [4.78, 5) is 16.7. The molecule has 2 aromatic rings. The fraction of sp³-hybridized carbons (Fsp3) is 0.469. The molecule has 1 aliphatic heterocycles. The van der Waals surface area contributed by atoms with Gasteiger partial charge in [-0.3, -0.25) is 4.79 Å².